The Hall–Kier alpha value is -3.72. The third-order valence-corrected chi connectivity index (χ3v) is 6.56. The minimum Gasteiger partial charge on any atom is -0.337 e. The molecule has 0 aliphatic carbocycles. The second kappa shape index (κ2) is 10.9. The van der Waals surface area contributed by atoms with Gasteiger partial charge in [-0.3, -0.25) is 19.7 Å². The lowest BCUT2D eigenvalue weighted by molar-refractivity contribution is -0.126. The van der Waals surface area contributed by atoms with Crippen molar-refractivity contribution < 1.29 is 9.59 Å². The molecule has 1 saturated heterocycles. The Morgan fingerprint density at radius 2 is 2.03 bits per heavy atom. The lowest BCUT2D eigenvalue weighted by Gasteiger charge is -2.26. The van der Waals surface area contributed by atoms with Crippen LogP contribution >= 0.6 is 0 Å². The van der Waals surface area contributed by atoms with Crippen molar-refractivity contribution in [2.45, 2.75) is 32.2 Å². The standard InChI is InChI=1S/C27H34N6O3/c1-19-9-7-11-22-25(19)33(27(28-22)29-26(36)20-13-16-31(4)24(35)17-20)21-10-5-6-15-32(18-21)23(34)12-8-14-30(2)3/h7-9,11-13,16-17,21H,5-6,10,14-15,18H2,1-4H3,(H,28,29,36)/b12-8+. The second-order valence-electron chi connectivity index (χ2n) is 9.67. The third kappa shape index (κ3) is 5.57. The zero-order valence-electron chi connectivity index (χ0n) is 21.4. The molecule has 36 heavy (non-hydrogen) atoms. The van der Waals surface area contributed by atoms with Gasteiger partial charge in [-0.25, -0.2) is 4.98 Å². The highest BCUT2D eigenvalue weighted by molar-refractivity contribution is 6.04. The van der Waals surface area contributed by atoms with Crippen LogP contribution in [0.25, 0.3) is 11.0 Å². The van der Waals surface area contributed by atoms with Crippen LogP contribution < -0.4 is 10.9 Å². The summed E-state index contributed by atoms with van der Waals surface area (Å²) in [6.07, 6.45) is 7.85. The van der Waals surface area contributed by atoms with Gasteiger partial charge in [-0.2, -0.15) is 0 Å². The number of hydrogen-bond donors (Lipinski definition) is 1. The first kappa shape index (κ1) is 25.4. The van der Waals surface area contributed by atoms with E-state index in [1.165, 1.54) is 10.6 Å². The maximum atomic E-state index is 13.1. The van der Waals surface area contributed by atoms with Gasteiger partial charge in [-0.1, -0.05) is 18.2 Å². The van der Waals surface area contributed by atoms with Crippen LogP contribution in [0.5, 0.6) is 0 Å². The smallest absolute Gasteiger partial charge is 0.258 e. The number of carbonyl (C=O) groups excluding carboxylic acids is 2. The number of fused-ring (bicyclic) bond motifs is 1. The maximum Gasteiger partial charge on any atom is 0.258 e. The Kier molecular flexibility index (Phi) is 7.69. The molecule has 3 heterocycles. The van der Waals surface area contributed by atoms with Gasteiger partial charge in [-0.15, -0.1) is 0 Å². The molecule has 1 aliphatic rings. The second-order valence-corrected chi connectivity index (χ2v) is 9.67. The number of nitrogens with zero attached hydrogens (tertiary/aromatic N) is 5. The molecule has 2 amide bonds. The lowest BCUT2D eigenvalue weighted by atomic mass is 10.1. The first-order valence-corrected chi connectivity index (χ1v) is 12.3. The Morgan fingerprint density at radius 3 is 2.78 bits per heavy atom. The van der Waals surface area contributed by atoms with E-state index in [0.29, 0.717) is 25.6 Å². The molecule has 1 N–H and O–H groups in total. The van der Waals surface area contributed by atoms with Gasteiger partial charge < -0.3 is 18.9 Å². The molecule has 1 aromatic carbocycles. The number of rotatable bonds is 6. The lowest BCUT2D eigenvalue weighted by Crippen LogP contribution is -2.35. The molecular weight excluding hydrogens is 456 g/mol. The molecule has 0 spiro atoms. The molecule has 0 bridgehead atoms. The van der Waals surface area contributed by atoms with Crippen LogP contribution in [0, 0.1) is 6.92 Å². The van der Waals surface area contributed by atoms with Gasteiger partial charge in [0.1, 0.15) is 0 Å². The molecule has 4 rings (SSSR count). The van der Waals surface area contributed by atoms with Crippen LogP contribution in [-0.2, 0) is 11.8 Å². The van der Waals surface area contributed by atoms with Crippen LogP contribution in [-0.4, -0.2) is 69.5 Å². The van der Waals surface area contributed by atoms with E-state index in [9.17, 15) is 14.4 Å². The number of likely N-dealkylation sites (tertiary alicyclic amines) is 1. The summed E-state index contributed by atoms with van der Waals surface area (Å²) in [5.74, 6) is 0.0260. The predicted octanol–water partition coefficient (Wildman–Crippen LogP) is 2.97. The number of amides is 2. The van der Waals surface area contributed by atoms with E-state index in [-0.39, 0.29) is 23.1 Å². The maximum absolute atomic E-state index is 13.1. The summed E-state index contributed by atoms with van der Waals surface area (Å²) in [5.41, 5.74) is 2.79. The van der Waals surface area contributed by atoms with Crippen molar-refractivity contribution in [3.63, 3.8) is 0 Å². The Labute approximate surface area is 211 Å². The quantitative estimate of drug-likeness (QED) is 0.537. The molecule has 190 valence electrons. The van der Waals surface area contributed by atoms with Crippen LogP contribution in [0.2, 0.25) is 0 Å². The van der Waals surface area contributed by atoms with E-state index in [1.807, 2.05) is 55.1 Å². The van der Waals surface area contributed by atoms with Gasteiger partial charge in [0, 0.05) is 50.6 Å². The molecule has 0 radical (unpaired) electrons. The van der Waals surface area contributed by atoms with Crippen molar-refractivity contribution in [1.82, 2.24) is 23.9 Å². The Bertz CT molecular complexity index is 1350. The number of likely N-dealkylation sites (N-methyl/N-ethyl adjacent to an activating group) is 1. The average molecular weight is 491 g/mol. The molecule has 3 aromatic rings. The first-order chi connectivity index (χ1) is 17.2. The number of para-hydroxylation sites is 1. The largest absolute Gasteiger partial charge is 0.337 e. The van der Waals surface area contributed by atoms with Crippen molar-refractivity contribution >= 4 is 28.8 Å². The van der Waals surface area contributed by atoms with Crippen molar-refractivity contribution in [3.05, 3.63) is 70.2 Å². The number of imidazole rings is 1. The number of aryl methyl sites for hydroxylation is 2. The predicted molar refractivity (Wildman–Crippen MR) is 141 cm³/mol. The molecule has 1 unspecified atom stereocenters. The zero-order chi connectivity index (χ0) is 25.8. The van der Waals surface area contributed by atoms with E-state index in [0.717, 1.165) is 35.9 Å². The SMILES string of the molecule is Cc1cccc2nc(NC(=O)c3ccn(C)c(=O)c3)n(C3CCCCN(C(=O)/C=C/CN(C)C)C3)c12. The number of pyridine rings is 1. The fraction of sp³-hybridized carbons (Fsp3) is 0.407. The van der Waals surface area contributed by atoms with Crippen molar-refractivity contribution in [2.75, 3.05) is 39.0 Å². The molecule has 1 atom stereocenters. The first-order valence-electron chi connectivity index (χ1n) is 12.3. The van der Waals surface area contributed by atoms with E-state index in [2.05, 4.69) is 9.88 Å². The molecule has 1 fully saturated rings. The summed E-state index contributed by atoms with van der Waals surface area (Å²) >= 11 is 0. The van der Waals surface area contributed by atoms with E-state index in [4.69, 9.17) is 4.98 Å². The van der Waals surface area contributed by atoms with Crippen molar-refractivity contribution in [1.29, 1.82) is 0 Å². The number of aromatic nitrogens is 3. The number of benzene rings is 1. The van der Waals surface area contributed by atoms with Crippen LogP contribution in [0.15, 0.2) is 53.5 Å². The van der Waals surface area contributed by atoms with Crippen LogP contribution in [0.4, 0.5) is 5.95 Å². The van der Waals surface area contributed by atoms with Crippen LogP contribution in [0.3, 0.4) is 0 Å². The van der Waals surface area contributed by atoms with Gasteiger partial charge in [0.2, 0.25) is 11.9 Å². The number of anilines is 1. The molecule has 9 nitrogen and oxygen atoms in total. The summed E-state index contributed by atoms with van der Waals surface area (Å²) in [4.78, 5) is 46.8. The average Bonchev–Trinajstić information content (AvgIpc) is 3.02. The van der Waals surface area contributed by atoms with Gasteiger partial charge >= 0.3 is 0 Å². The topological polar surface area (TPSA) is 92.5 Å². The summed E-state index contributed by atoms with van der Waals surface area (Å²) < 4.78 is 3.48. The minimum absolute atomic E-state index is 0.00407. The molecule has 0 saturated carbocycles. The van der Waals surface area contributed by atoms with Gasteiger partial charge in [0.15, 0.2) is 0 Å². The molecular formula is C27H34N6O3. The minimum atomic E-state index is -0.393. The zero-order valence-corrected chi connectivity index (χ0v) is 21.4. The van der Waals surface area contributed by atoms with E-state index >= 15 is 0 Å². The molecule has 2 aromatic heterocycles. The fourth-order valence-corrected chi connectivity index (χ4v) is 4.63. The highest BCUT2D eigenvalue weighted by Gasteiger charge is 2.27. The Morgan fingerprint density at radius 1 is 1.22 bits per heavy atom. The molecule has 9 heteroatoms. The monoisotopic (exact) mass is 490 g/mol. The van der Waals surface area contributed by atoms with E-state index in [1.54, 1.807) is 25.4 Å². The summed E-state index contributed by atoms with van der Waals surface area (Å²) in [5, 5.41) is 2.94. The summed E-state index contributed by atoms with van der Waals surface area (Å²) in [6.45, 7) is 3.95. The van der Waals surface area contributed by atoms with Gasteiger partial charge in [0.25, 0.3) is 11.5 Å². The van der Waals surface area contributed by atoms with Gasteiger partial charge in [0.05, 0.1) is 17.1 Å². The third-order valence-electron chi connectivity index (χ3n) is 6.56. The normalized spacial score (nSPS) is 16.6. The van der Waals surface area contributed by atoms with E-state index < -0.39 is 5.91 Å². The highest BCUT2D eigenvalue weighted by atomic mass is 16.2. The van der Waals surface area contributed by atoms with Crippen LogP contribution in [0.1, 0.15) is 41.2 Å². The summed E-state index contributed by atoms with van der Waals surface area (Å²) in [7, 11) is 5.57. The number of nitrogens with one attached hydrogen (secondary N) is 1. The number of hydrogen-bond acceptors (Lipinski definition) is 5. The Balaban J connectivity index is 1.68. The van der Waals surface area contributed by atoms with Crippen molar-refractivity contribution in [3.8, 4) is 0 Å². The fourth-order valence-electron chi connectivity index (χ4n) is 4.63. The van der Waals surface area contributed by atoms with Gasteiger partial charge in [-0.05, 0) is 58.0 Å². The number of carbonyl (C=O) groups is 2. The highest BCUT2D eigenvalue weighted by Crippen LogP contribution is 2.32. The molecule has 1 aliphatic heterocycles. The van der Waals surface area contributed by atoms with Crippen molar-refractivity contribution in [2.24, 2.45) is 7.05 Å². The summed E-state index contributed by atoms with van der Waals surface area (Å²) in [6, 6.07) is 8.78.